The number of carbonyl (C=O) groups excluding carboxylic acids is 1. The van der Waals surface area contributed by atoms with Crippen LogP contribution >= 0.6 is 0 Å². The van der Waals surface area contributed by atoms with Gasteiger partial charge in [0.1, 0.15) is 0 Å². The minimum atomic E-state index is 0.227. The highest BCUT2D eigenvalue weighted by molar-refractivity contribution is 5.96. The van der Waals surface area contributed by atoms with Crippen molar-refractivity contribution < 1.29 is 4.79 Å². The third kappa shape index (κ3) is 2.35. The van der Waals surface area contributed by atoms with Gasteiger partial charge in [-0.25, -0.2) is 0 Å². The highest BCUT2D eigenvalue weighted by atomic mass is 16.1. The Bertz CT molecular complexity index is 392. The van der Waals surface area contributed by atoms with Gasteiger partial charge >= 0.3 is 0 Å². The van der Waals surface area contributed by atoms with E-state index < -0.39 is 0 Å². The van der Waals surface area contributed by atoms with E-state index in [4.69, 9.17) is 0 Å². The van der Waals surface area contributed by atoms with Crippen LogP contribution < -0.4 is 0 Å². The molecule has 0 aromatic carbocycles. The molecule has 1 aliphatic heterocycles. The highest BCUT2D eigenvalue weighted by Gasteiger charge is 2.30. The second-order valence-corrected chi connectivity index (χ2v) is 5.55. The number of hydrogen-bond donors (Lipinski definition) is 0. The van der Waals surface area contributed by atoms with E-state index in [-0.39, 0.29) is 5.78 Å². The number of aryl methyl sites for hydroxylation is 1. The third-order valence-corrected chi connectivity index (χ3v) is 3.35. The van der Waals surface area contributed by atoms with Gasteiger partial charge in [-0.15, -0.1) is 0 Å². The molecule has 0 aliphatic carbocycles. The SMILES string of the molecule is Cn1cccc1C(=O)CN1CCC(C)(C)C1. The summed E-state index contributed by atoms with van der Waals surface area (Å²) >= 11 is 0. The predicted octanol–water partition coefficient (Wildman–Crippen LogP) is 1.94. The molecule has 0 unspecified atom stereocenters. The lowest BCUT2D eigenvalue weighted by Crippen LogP contribution is -2.30. The van der Waals surface area contributed by atoms with Gasteiger partial charge in [0, 0.05) is 19.8 Å². The fraction of sp³-hybridized carbons (Fsp3) is 0.615. The summed E-state index contributed by atoms with van der Waals surface area (Å²) in [6.07, 6.45) is 3.11. The molecule has 0 amide bonds. The molecule has 16 heavy (non-hydrogen) atoms. The van der Waals surface area contributed by atoms with E-state index in [1.807, 2.05) is 29.9 Å². The molecular weight excluding hydrogens is 200 g/mol. The van der Waals surface area contributed by atoms with Crippen molar-refractivity contribution >= 4 is 5.78 Å². The molecule has 3 heteroatoms. The molecule has 88 valence electrons. The van der Waals surface area contributed by atoms with Gasteiger partial charge in [0.2, 0.25) is 0 Å². The lowest BCUT2D eigenvalue weighted by atomic mass is 9.93. The number of rotatable bonds is 3. The molecule has 1 aromatic rings. The molecule has 0 spiro atoms. The quantitative estimate of drug-likeness (QED) is 0.727. The largest absolute Gasteiger partial charge is 0.348 e. The van der Waals surface area contributed by atoms with Crippen LogP contribution in [0.2, 0.25) is 0 Å². The number of Topliss-reactive ketones (excluding diaryl/α,β-unsaturated/α-hetero) is 1. The minimum Gasteiger partial charge on any atom is -0.348 e. The lowest BCUT2D eigenvalue weighted by molar-refractivity contribution is 0.0932. The van der Waals surface area contributed by atoms with Crippen LogP contribution in [0.4, 0.5) is 0 Å². The van der Waals surface area contributed by atoms with Gasteiger partial charge in [-0.05, 0) is 30.5 Å². The molecule has 2 heterocycles. The first kappa shape index (κ1) is 11.4. The van der Waals surface area contributed by atoms with Crippen molar-refractivity contribution in [2.24, 2.45) is 12.5 Å². The van der Waals surface area contributed by atoms with Gasteiger partial charge in [0.15, 0.2) is 5.78 Å². The van der Waals surface area contributed by atoms with E-state index >= 15 is 0 Å². The summed E-state index contributed by atoms with van der Waals surface area (Å²) in [6, 6.07) is 3.81. The van der Waals surface area contributed by atoms with Crippen molar-refractivity contribution in [3.63, 3.8) is 0 Å². The second-order valence-electron chi connectivity index (χ2n) is 5.55. The maximum Gasteiger partial charge on any atom is 0.193 e. The Morgan fingerprint density at radius 1 is 1.50 bits per heavy atom. The van der Waals surface area contributed by atoms with Crippen LogP contribution in [0.3, 0.4) is 0 Å². The minimum absolute atomic E-state index is 0.227. The van der Waals surface area contributed by atoms with Crippen LogP contribution in [-0.4, -0.2) is 34.9 Å². The summed E-state index contributed by atoms with van der Waals surface area (Å²) in [5.74, 6) is 0.227. The van der Waals surface area contributed by atoms with Crippen LogP contribution in [0.1, 0.15) is 30.8 Å². The first-order chi connectivity index (χ1) is 7.48. The van der Waals surface area contributed by atoms with Gasteiger partial charge in [-0.1, -0.05) is 13.8 Å². The number of aromatic nitrogens is 1. The summed E-state index contributed by atoms with van der Waals surface area (Å²) in [4.78, 5) is 14.3. The zero-order valence-corrected chi connectivity index (χ0v) is 10.4. The van der Waals surface area contributed by atoms with Gasteiger partial charge < -0.3 is 4.57 Å². The number of ketones is 1. The summed E-state index contributed by atoms with van der Waals surface area (Å²) in [7, 11) is 1.92. The van der Waals surface area contributed by atoms with E-state index in [9.17, 15) is 4.79 Å². The van der Waals surface area contributed by atoms with Crippen molar-refractivity contribution in [3.05, 3.63) is 24.0 Å². The number of hydrogen-bond acceptors (Lipinski definition) is 2. The van der Waals surface area contributed by atoms with Gasteiger partial charge in [0.05, 0.1) is 12.2 Å². The standard InChI is InChI=1S/C13H20N2O/c1-13(2)6-8-15(10-13)9-12(16)11-5-4-7-14(11)3/h4-5,7H,6,8-10H2,1-3H3. The number of nitrogens with zero attached hydrogens (tertiary/aromatic N) is 2. The van der Waals surface area contributed by atoms with Gasteiger partial charge in [0.25, 0.3) is 0 Å². The Morgan fingerprint density at radius 2 is 2.25 bits per heavy atom. The monoisotopic (exact) mass is 220 g/mol. The third-order valence-electron chi connectivity index (χ3n) is 3.35. The first-order valence-corrected chi connectivity index (χ1v) is 5.85. The van der Waals surface area contributed by atoms with Crippen LogP contribution in [0, 0.1) is 5.41 Å². The van der Waals surface area contributed by atoms with Crippen molar-refractivity contribution in [1.29, 1.82) is 0 Å². The van der Waals surface area contributed by atoms with Crippen molar-refractivity contribution in [1.82, 2.24) is 9.47 Å². The average molecular weight is 220 g/mol. The van der Waals surface area contributed by atoms with Crippen LogP contribution in [0.5, 0.6) is 0 Å². The molecular formula is C13H20N2O. The van der Waals surface area contributed by atoms with Crippen molar-refractivity contribution in [3.8, 4) is 0 Å². The molecule has 0 saturated carbocycles. The summed E-state index contributed by atoms with van der Waals surface area (Å²) in [6.45, 7) is 7.16. The summed E-state index contributed by atoms with van der Waals surface area (Å²) < 4.78 is 1.89. The normalized spacial score (nSPS) is 20.2. The molecule has 0 radical (unpaired) electrons. The van der Waals surface area contributed by atoms with E-state index in [1.54, 1.807) is 0 Å². The van der Waals surface area contributed by atoms with E-state index in [0.29, 0.717) is 12.0 Å². The highest BCUT2D eigenvalue weighted by Crippen LogP contribution is 2.28. The average Bonchev–Trinajstić information content (AvgIpc) is 2.72. The maximum absolute atomic E-state index is 12.0. The Morgan fingerprint density at radius 3 is 2.75 bits per heavy atom. The van der Waals surface area contributed by atoms with Gasteiger partial charge in [-0.3, -0.25) is 9.69 Å². The second kappa shape index (κ2) is 4.06. The smallest absolute Gasteiger partial charge is 0.193 e. The lowest BCUT2D eigenvalue weighted by Gasteiger charge is -2.18. The Kier molecular flexibility index (Phi) is 2.89. The Labute approximate surface area is 97.1 Å². The first-order valence-electron chi connectivity index (χ1n) is 5.85. The zero-order valence-electron chi connectivity index (χ0n) is 10.4. The molecule has 0 bridgehead atoms. The molecule has 1 aliphatic rings. The topological polar surface area (TPSA) is 25.2 Å². The fourth-order valence-electron chi connectivity index (χ4n) is 2.39. The molecule has 0 N–H and O–H groups in total. The van der Waals surface area contributed by atoms with Crippen LogP contribution in [0.15, 0.2) is 18.3 Å². The molecule has 1 fully saturated rings. The molecule has 0 atom stereocenters. The molecule has 1 aromatic heterocycles. The zero-order chi connectivity index (χ0) is 11.8. The molecule has 1 saturated heterocycles. The van der Waals surface area contributed by atoms with Crippen molar-refractivity contribution in [2.75, 3.05) is 19.6 Å². The van der Waals surface area contributed by atoms with Crippen molar-refractivity contribution in [2.45, 2.75) is 20.3 Å². The Hall–Kier alpha value is -1.09. The number of carbonyl (C=O) groups is 1. The molecule has 2 rings (SSSR count). The summed E-state index contributed by atoms with van der Waals surface area (Å²) in [5, 5.41) is 0. The fourth-order valence-corrected chi connectivity index (χ4v) is 2.39. The van der Waals surface area contributed by atoms with E-state index in [2.05, 4.69) is 18.7 Å². The van der Waals surface area contributed by atoms with Gasteiger partial charge in [-0.2, -0.15) is 0 Å². The van der Waals surface area contributed by atoms with Crippen LogP contribution in [0.25, 0.3) is 0 Å². The van der Waals surface area contributed by atoms with Crippen LogP contribution in [-0.2, 0) is 7.05 Å². The molecule has 3 nitrogen and oxygen atoms in total. The summed E-state index contributed by atoms with van der Waals surface area (Å²) in [5.41, 5.74) is 1.18. The van der Waals surface area contributed by atoms with E-state index in [0.717, 1.165) is 18.8 Å². The van der Waals surface area contributed by atoms with E-state index in [1.165, 1.54) is 6.42 Å². The number of likely N-dealkylation sites (tertiary alicyclic amines) is 1. The maximum atomic E-state index is 12.0. The Balaban J connectivity index is 1.97. The predicted molar refractivity (Wildman–Crippen MR) is 64.6 cm³/mol.